The highest BCUT2D eigenvalue weighted by molar-refractivity contribution is 6.31. The van der Waals surface area contributed by atoms with Gasteiger partial charge in [-0.2, -0.15) is 0 Å². The van der Waals surface area contributed by atoms with Crippen LogP contribution in [0, 0.1) is 5.82 Å². The predicted octanol–water partition coefficient (Wildman–Crippen LogP) is 4.06. The summed E-state index contributed by atoms with van der Waals surface area (Å²) in [7, 11) is 3.83. The van der Waals surface area contributed by atoms with Crippen molar-refractivity contribution in [2.24, 2.45) is 0 Å². The van der Waals surface area contributed by atoms with E-state index in [0.717, 1.165) is 5.39 Å². The van der Waals surface area contributed by atoms with E-state index in [1.54, 1.807) is 24.3 Å². The summed E-state index contributed by atoms with van der Waals surface area (Å²) in [6.45, 7) is 0.667. The molecule has 8 heteroatoms. The van der Waals surface area contributed by atoms with Gasteiger partial charge in [0, 0.05) is 29.7 Å². The van der Waals surface area contributed by atoms with Gasteiger partial charge in [-0.15, -0.1) is 0 Å². The van der Waals surface area contributed by atoms with Crippen molar-refractivity contribution in [2.45, 2.75) is 6.42 Å². The van der Waals surface area contributed by atoms with E-state index in [1.807, 2.05) is 19.0 Å². The quantitative estimate of drug-likeness (QED) is 0.667. The lowest BCUT2D eigenvalue weighted by atomic mass is 10.2. The fourth-order valence-electron chi connectivity index (χ4n) is 2.49. The third kappa shape index (κ3) is 4.90. The zero-order chi connectivity index (χ0) is 19.4. The summed E-state index contributed by atoms with van der Waals surface area (Å²) in [6, 6.07) is 9.74. The Hall–Kier alpha value is -2.77. The molecule has 2 aromatic carbocycles. The molecule has 1 heterocycles. The molecule has 27 heavy (non-hydrogen) atoms. The van der Waals surface area contributed by atoms with Gasteiger partial charge in [0.2, 0.25) is 5.91 Å². The first-order chi connectivity index (χ1) is 12.9. The first-order valence-electron chi connectivity index (χ1n) is 8.34. The summed E-state index contributed by atoms with van der Waals surface area (Å²) in [5.74, 6) is -0.0238. The van der Waals surface area contributed by atoms with Gasteiger partial charge in [0.1, 0.15) is 18.0 Å². The van der Waals surface area contributed by atoms with Crippen molar-refractivity contribution in [1.29, 1.82) is 0 Å². The molecule has 0 aliphatic heterocycles. The van der Waals surface area contributed by atoms with Crippen molar-refractivity contribution in [2.75, 3.05) is 31.3 Å². The average molecular weight is 388 g/mol. The zero-order valence-corrected chi connectivity index (χ0v) is 15.7. The molecule has 1 aromatic heterocycles. The summed E-state index contributed by atoms with van der Waals surface area (Å²) >= 11 is 5.83. The minimum Gasteiger partial charge on any atom is -0.340 e. The third-order valence-electron chi connectivity index (χ3n) is 3.89. The van der Waals surface area contributed by atoms with Gasteiger partial charge in [-0.05, 0) is 50.5 Å². The van der Waals surface area contributed by atoms with Crippen LogP contribution in [0.2, 0.25) is 5.02 Å². The Kier molecular flexibility index (Phi) is 5.83. The van der Waals surface area contributed by atoms with Crippen LogP contribution < -0.4 is 10.6 Å². The van der Waals surface area contributed by atoms with Gasteiger partial charge >= 0.3 is 0 Å². The van der Waals surface area contributed by atoms with E-state index in [4.69, 9.17) is 11.6 Å². The van der Waals surface area contributed by atoms with Gasteiger partial charge in [0.15, 0.2) is 0 Å². The Morgan fingerprint density at radius 1 is 1.15 bits per heavy atom. The van der Waals surface area contributed by atoms with Crippen LogP contribution >= 0.6 is 11.6 Å². The van der Waals surface area contributed by atoms with Crippen LogP contribution in [-0.2, 0) is 4.79 Å². The second-order valence-electron chi connectivity index (χ2n) is 6.31. The first-order valence-corrected chi connectivity index (χ1v) is 8.71. The van der Waals surface area contributed by atoms with Gasteiger partial charge in [-0.25, -0.2) is 14.4 Å². The highest BCUT2D eigenvalue weighted by Gasteiger charge is 2.09. The van der Waals surface area contributed by atoms with Crippen molar-refractivity contribution >= 4 is 45.6 Å². The normalized spacial score (nSPS) is 11.0. The number of hydrogen-bond donors (Lipinski definition) is 2. The Bertz CT molecular complexity index is 979. The molecule has 3 rings (SSSR count). The number of fused-ring (bicyclic) bond motifs is 1. The smallest absolute Gasteiger partial charge is 0.225 e. The molecule has 0 saturated heterocycles. The zero-order valence-electron chi connectivity index (χ0n) is 15.0. The molecule has 140 valence electrons. The van der Waals surface area contributed by atoms with E-state index in [2.05, 4.69) is 20.6 Å². The third-order valence-corrected chi connectivity index (χ3v) is 4.18. The number of hydrogen-bond acceptors (Lipinski definition) is 5. The second kappa shape index (κ2) is 8.28. The fourth-order valence-corrected chi connectivity index (χ4v) is 2.67. The highest BCUT2D eigenvalue weighted by Crippen LogP contribution is 2.27. The number of carbonyl (C=O) groups excluding carboxylic acids is 1. The number of anilines is 3. The Morgan fingerprint density at radius 2 is 1.93 bits per heavy atom. The van der Waals surface area contributed by atoms with Crippen LogP contribution in [0.3, 0.4) is 0 Å². The maximum Gasteiger partial charge on any atom is 0.225 e. The number of rotatable bonds is 6. The molecule has 0 bridgehead atoms. The summed E-state index contributed by atoms with van der Waals surface area (Å²) < 4.78 is 13.3. The maximum absolute atomic E-state index is 13.3. The Labute approximate surface area is 161 Å². The lowest BCUT2D eigenvalue weighted by Gasteiger charge is -2.12. The number of carbonyl (C=O) groups is 1. The Balaban J connectivity index is 1.85. The van der Waals surface area contributed by atoms with Gasteiger partial charge in [0.25, 0.3) is 0 Å². The van der Waals surface area contributed by atoms with Crippen LogP contribution in [0.15, 0.2) is 42.7 Å². The predicted molar refractivity (Wildman–Crippen MR) is 106 cm³/mol. The number of amides is 1. The number of aromatic nitrogens is 2. The van der Waals surface area contributed by atoms with E-state index >= 15 is 0 Å². The standard InChI is InChI=1S/C19H19ClFN5O/c1-26(2)8-7-18(27)24-12-4-6-17-14(9-12)19(23-11-22-17)25-13-3-5-16(21)15(20)10-13/h3-6,9-11H,7-8H2,1-2H3,(H,24,27)(H,22,23,25). The van der Waals surface area contributed by atoms with E-state index < -0.39 is 5.82 Å². The molecule has 0 fully saturated rings. The minimum atomic E-state index is -0.488. The lowest BCUT2D eigenvalue weighted by Crippen LogP contribution is -2.20. The summed E-state index contributed by atoms with van der Waals surface area (Å²) in [6.07, 6.45) is 1.83. The van der Waals surface area contributed by atoms with Crippen molar-refractivity contribution in [1.82, 2.24) is 14.9 Å². The topological polar surface area (TPSA) is 70.2 Å². The summed E-state index contributed by atoms with van der Waals surface area (Å²) in [5, 5.41) is 6.74. The minimum absolute atomic E-state index is 0.0206. The number of benzene rings is 2. The molecule has 0 spiro atoms. The molecule has 0 saturated carbocycles. The molecule has 2 N–H and O–H groups in total. The van der Waals surface area contributed by atoms with Crippen molar-refractivity contribution in [3.63, 3.8) is 0 Å². The molecule has 0 aliphatic rings. The van der Waals surface area contributed by atoms with Gasteiger partial charge < -0.3 is 15.5 Å². The lowest BCUT2D eigenvalue weighted by molar-refractivity contribution is -0.116. The van der Waals surface area contributed by atoms with E-state index in [9.17, 15) is 9.18 Å². The molecule has 0 unspecified atom stereocenters. The molecule has 6 nitrogen and oxygen atoms in total. The highest BCUT2D eigenvalue weighted by atomic mass is 35.5. The van der Waals surface area contributed by atoms with Crippen LogP contribution in [0.5, 0.6) is 0 Å². The molecule has 1 amide bonds. The molecular formula is C19H19ClFN5O. The van der Waals surface area contributed by atoms with Crippen LogP contribution in [0.4, 0.5) is 21.6 Å². The molecule has 0 aliphatic carbocycles. The second-order valence-corrected chi connectivity index (χ2v) is 6.72. The molecule has 0 radical (unpaired) electrons. The van der Waals surface area contributed by atoms with Gasteiger partial charge in [-0.3, -0.25) is 4.79 Å². The van der Waals surface area contributed by atoms with E-state index in [0.29, 0.717) is 35.7 Å². The van der Waals surface area contributed by atoms with Crippen LogP contribution in [0.25, 0.3) is 10.9 Å². The summed E-state index contributed by atoms with van der Waals surface area (Å²) in [4.78, 5) is 22.5. The van der Waals surface area contributed by atoms with E-state index in [-0.39, 0.29) is 10.9 Å². The summed E-state index contributed by atoms with van der Waals surface area (Å²) in [5.41, 5.74) is 1.97. The molecule has 3 aromatic rings. The SMILES string of the molecule is CN(C)CCC(=O)Nc1ccc2ncnc(Nc3ccc(F)c(Cl)c3)c2c1. The van der Waals surface area contributed by atoms with Crippen molar-refractivity contribution < 1.29 is 9.18 Å². The maximum atomic E-state index is 13.3. The molecular weight excluding hydrogens is 369 g/mol. The largest absolute Gasteiger partial charge is 0.340 e. The monoisotopic (exact) mass is 387 g/mol. The van der Waals surface area contributed by atoms with Crippen LogP contribution in [0.1, 0.15) is 6.42 Å². The fraction of sp³-hybridized carbons (Fsp3) is 0.211. The van der Waals surface area contributed by atoms with E-state index in [1.165, 1.54) is 18.5 Å². The average Bonchev–Trinajstić information content (AvgIpc) is 2.63. The van der Waals surface area contributed by atoms with Crippen LogP contribution in [-0.4, -0.2) is 41.4 Å². The molecule has 0 atom stereocenters. The van der Waals surface area contributed by atoms with Crippen molar-refractivity contribution in [3.05, 3.63) is 53.6 Å². The first kappa shape index (κ1) is 19.0. The van der Waals surface area contributed by atoms with Gasteiger partial charge in [0.05, 0.1) is 10.5 Å². The van der Waals surface area contributed by atoms with Crippen molar-refractivity contribution in [3.8, 4) is 0 Å². The van der Waals surface area contributed by atoms with Gasteiger partial charge in [-0.1, -0.05) is 11.6 Å². The Morgan fingerprint density at radius 3 is 2.67 bits per heavy atom. The number of nitrogens with zero attached hydrogens (tertiary/aromatic N) is 3. The number of nitrogens with one attached hydrogen (secondary N) is 2. The number of halogens is 2.